The molecule has 21 heavy (non-hydrogen) atoms. The molecule has 0 bridgehead atoms. The molecular weight excluding hydrogens is 256 g/mol. The Labute approximate surface area is 127 Å². The molecule has 0 aromatic heterocycles. The Morgan fingerprint density at radius 3 is 1.95 bits per heavy atom. The summed E-state index contributed by atoms with van der Waals surface area (Å²) in [5.74, 6) is 0. The first-order valence-electron chi connectivity index (χ1n) is 7.90. The van der Waals surface area contributed by atoms with Crippen molar-refractivity contribution in [2.45, 2.75) is 38.6 Å². The summed E-state index contributed by atoms with van der Waals surface area (Å²) >= 11 is 0. The molecule has 0 unspecified atom stereocenters. The van der Waals surface area contributed by atoms with Crippen molar-refractivity contribution >= 4 is 11.4 Å². The standard InChI is InChI=1S/C19H22N2/c1-19(2)12-7-13-20(19)21-17-10-5-3-8-15(17)14-16-9-4-6-11-18(16)21/h3-6,8-11H,7,12-14H2,1-2H3. The van der Waals surface area contributed by atoms with Gasteiger partial charge in [-0.1, -0.05) is 36.4 Å². The van der Waals surface area contributed by atoms with Crippen molar-refractivity contribution in [2.75, 3.05) is 11.6 Å². The highest BCUT2D eigenvalue weighted by atomic mass is 15.7. The zero-order valence-corrected chi connectivity index (χ0v) is 12.8. The predicted octanol–water partition coefficient (Wildman–Crippen LogP) is 4.52. The van der Waals surface area contributed by atoms with Crippen LogP contribution in [0.15, 0.2) is 48.5 Å². The maximum atomic E-state index is 2.56. The molecule has 0 spiro atoms. The van der Waals surface area contributed by atoms with E-state index in [0.717, 1.165) is 13.0 Å². The van der Waals surface area contributed by atoms with E-state index in [1.165, 1.54) is 35.3 Å². The Morgan fingerprint density at radius 2 is 1.43 bits per heavy atom. The van der Waals surface area contributed by atoms with E-state index in [4.69, 9.17) is 0 Å². The maximum Gasteiger partial charge on any atom is 0.0615 e. The Bertz CT molecular complexity index is 629. The molecule has 108 valence electrons. The fourth-order valence-corrected chi connectivity index (χ4v) is 3.79. The lowest BCUT2D eigenvalue weighted by molar-refractivity contribution is 0.175. The Kier molecular flexibility index (Phi) is 2.83. The minimum atomic E-state index is 0.220. The number of hydrogen-bond donors (Lipinski definition) is 0. The molecule has 2 heterocycles. The van der Waals surface area contributed by atoms with Gasteiger partial charge < -0.3 is 0 Å². The number of fused-ring (bicyclic) bond motifs is 2. The topological polar surface area (TPSA) is 6.48 Å². The van der Waals surface area contributed by atoms with Crippen molar-refractivity contribution in [3.8, 4) is 0 Å². The third-order valence-corrected chi connectivity index (χ3v) is 4.92. The van der Waals surface area contributed by atoms with Crippen LogP contribution in [0.2, 0.25) is 0 Å². The summed E-state index contributed by atoms with van der Waals surface area (Å²) in [6.45, 7) is 5.86. The van der Waals surface area contributed by atoms with E-state index < -0.39 is 0 Å². The first-order valence-corrected chi connectivity index (χ1v) is 7.90. The van der Waals surface area contributed by atoms with Gasteiger partial charge in [-0.2, -0.15) is 0 Å². The number of hydrazine groups is 1. The van der Waals surface area contributed by atoms with E-state index in [-0.39, 0.29) is 5.54 Å². The van der Waals surface area contributed by atoms with Gasteiger partial charge in [0.1, 0.15) is 0 Å². The highest BCUT2D eigenvalue weighted by Crippen LogP contribution is 2.43. The molecule has 0 amide bonds. The average molecular weight is 278 g/mol. The van der Waals surface area contributed by atoms with Crippen molar-refractivity contribution in [1.82, 2.24) is 5.01 Å². The second-order valence-electron chi connectivity index (χ2n) is 6.79. The molecule has 2 aromatic rings. The highest BCUT2D eigenvalue weighted by molar-refractivity contribution is 5.73. The lowest BCUT2D eigenvalue weighted by Gasteiger charge is -2.45. The van der Waals surface area contributed by atoms with Gasteiger partial charge >= 0.3 is 0 Å². The van der Waals surface area contributed by atoms with Crippen LogP contribution in [0.5, 0.6) is 0 Å². The smallest absolute Gasteiger partial charge is 0.0615 e. The number of rotatable bonds is 1. The molecule has 0 atom stereocenters. The quantitative estimate of drug-likeness (QED) is 0.757. The fourth-order valence-electron chi connectivity index (χ4n) is 3.79. The van der Waals surface area contributed by atoms with E-state index in [0.29, 0.717) is 0 Å². The van der Waals surface area contributed by atoms with Crippen LogP contribution in [0.1, 0.15) is 37.8 Å². The van der Waals surface area contributed by atoms with Gasteiger partial charge in [0.25, 0.3) is 0 Å². The molecule has 4 rings (SSSR count). The van der Waals surface area contributed by atoms with Crippen LogP contribution >= 0.6 is 0 Å². The summed E-state index contributed by atoms with van der Waals surface area (Å²) in [5.41, 5.74) is 5.78. The monoisotopic (exact) mass is 278 g/mol. The van der Waals surface area contributed by atoms with Crippen molar-refractivity contribution in [3.05, 3.63) is 59.7 Å². The fraction of sp³-hybridized carbons (Fsp3) is 0.368. The second-order valence-corrected chi connectivity index (χ2v) is 6.79. The summed E-state index contributed by atoms with van der Waals surface area (Å²) in [5, 5.41) is 5.03. The van der Waals surface area contributed by atoms with E-state index in [2.05, 4.69) is 72.4 Å². The summed E-state index contributed by atoms with van der Waals surface area (Å²) in [4.78, 5) is 0. The number of hydrogen-bond acceptors (Lipinski definition) is 2. The van der Waals surface area contributed by atoms with Crippen LogP contribution in [-0.2, 0) is 6.42 Å². The largest absolute Gasteiger partial charge is 0.273 e. The lowest BCUT2D eigenvalue weighted by atomic mass is 9.96. The van der Waals surface area contributed by atoms with E-state index >= 15 is 0 Å². The average Bonchev–Trinajstić information content (AvgIpc) is 2.84. The molecule has 2 nitrogen and oxygen atoms in total. The van der Waals surface area contributed by atoms with E-state index in [1.807, 2.05) is 0 Å². The first-order chi connectivity index (χ1) is 10.2. The van der Waals surface area contributed by atoms with Crippen LogP contribution in [0.25, 0.3) is 0 Å². The van der Waals surface area contributed by atoms with E-state index in [9.17, 15) is 0 Å². The molecule has 0 N–H and O–H groups in total. The van der Waals surface area contributed by atoms with Gasteiger partial charge in [0, 0.05) is 18.5 Å². The van der Waals surface area contributed by atoms with Gasteiger partial charge in [-0.15, -0.1) is 0 Å². The summed E-state index contributed by atoms with van der Waals surface area (Å²) < 4.78 is 0. The molecule has 2 aliphatic heterocycles. The van der Waals surface area contributed by atoms with Gasteiger partial charge in [-0.3, -0.25) is 5.01 Å². The molecule has 2 aromatic carbocycles. The van der Waals surface area contributed by atoms with Crippen LogP contribution in [0.4, 0.5) is 11.4 Å². The third-order valence-electron chi connectivity index (χ3n) is 4.92. The van der Waals surface area contributed by atoms with Crippen LogP contribution in [-0.4, -0.2) is 17.1 Å². The van der Waals surface area contributed by atoms with Crippen LogP contribution in [0.3, 0.4) is 0 Å². The van der Waals surface area contributed by atoms with Gasteiger partial charge in [0.15, 0.2) is 0 Å². The predicted molar refractivity (Wildman–Crippen MR) is 87.8 cm³/mol. The molecule has 1 saturated heterocycles. The van der Waals surface area contributed by atoms with Crippen LogP contribution in [0, 0.1) is 0 Å². The third kappa shape index (κ3) is 1.97. The molecule has 2 heteroatoms. The normalized spacial score (nSPS) is 20.2. The molecular formula is C19H22N2. The Hall–Kier alpha value is -1.80. The lowest BCUT2D eigenvalue weighted by Crippen LogP contribution is -2.49. The van der Waals surface area contributed by atoms with Crippen LogP contribution < -0.4 is 5.01 Å². The van der Waals surface area contributed by atoms with Crippen molar-refractivity contribution in [1.29, 1.82) is 0 Å². The van der Waals surface area contributed by atoms with Gasteiger partial charge in [0.05, 0.1) is 11.4 Å². The van der Waals surface area contributed by atoms with E-state index in [1.54, 1.807) is 0 Å². The first kappa shape index (κ1) is 12.9. The number of benzene rings is 2. The number of para-hydroxylation sites is 2. The summed E-state index contributed by atoms with van der Waals surface area (Å²) in [6.07, 6.45) is 3.57. The molecule has 2 aliphatic rings. The van der Waals surface area contributed by atoms with Gasteiger partial charge in [-0.05, 0) is 49.9 Å². The SMILES string of the molecule is CC1(C)CCCN1N1c2ccccc2Cc2ccccc21. The molecule has 0 aliphatic carbocycles. The zero-order chi connectivity index (χ0) is 14.4. The van der Waals surface area contributed by atoms with Crippen molar-refractivity contribution < 1.29 is 0 Å². The Morgan fingerprint density at radius 1 is 0.857 bits per heavy atom. The Balaban J connectivity index is 1.89. The minimum absolute atomic E-state index is 0.220. The molecule has 0 radical (unpaired) electrons. The summed E-state index contributed by atoms with van der Waals surface area (Å²) in [7, 11) is 0. The highest BCUT2D eigenvalue weighted by Gasteiger charge is 2.39. The van der Waals surface area contributed by atoms with Crippen molar-refractivity contribution in [2.24, 2.45) is 0 Å². The van der Waals surface area contributed by atoms with Crippen molar-refractivity contribution in [3.63, 3.8) is 0 Å². The molecule has 1 fully saturated rings. The molecule has 0 saturated carbocycles. The summed E-state index contributed by atoms with van der Waals surface area (Å²) in [6, 6.07) is 17.7. The number of nitrogens with zero attached hydrogens (tertiary/aromatic N) is 2. The maximum absolute atomic E-state index is 2.56. The van der Waals surface area contributed by atoms with Gasteiger partial charge in [-0.25, -0.2) is 5.01 Å². The zero-order valence-electron chi connectivity index (χ0n) is 12.8. The minimum Gasteiger partial charge on any atom is -0.273 e. The second kappa shape index (κ2) is 4.60. The van der Waals surface area contributed by atoms with Gasteiger partial charge in [0.2, 0.25) is 0 Å². The number of anilines is 2.